The monoisotopic (exact) mass is 301 g/mol. The quantitative estimate of drug-likeness (QED) is 0.931. The van der Waals surface area contributed by atoms with E-state index in [0.29, 0.717) is 23.7 Å². The van der Waals surface area contributed by atoms with Crippen molar-refractivity contribution in [1.82, 2.24) is 15.1 Å². The molecule has 0 radical (unpaired) electrons. The van der Waals surface area contributed by atoms with Crippen LogP contribution in [0.1, 0.15) is 63.0 Å². The van der Waals surface area contributed by atoms with Crippen LogP contribution < -0.4 is 0 Å². The molecule has 120 valence electrons. The fourth-order valence-corrected chi connectivity index (χ4v) is 4.74. The number of rotatable bonds is 3. The molecule has 0 bridgehead atoms. The van der Waals surface area contributed by atoms with Crippen molar-refractivity contribution in [2.75, 3.05) is 13.1 Å². The van der Waals surface area contributed by atoms with E-state index in [9.17, 15) is 4.79 Å². The number of nitrogens with zero attached hydrogens (tertiary/aromatic N) is 2. The summed E-state index contributed by atoms with van der Waals surface area (Å²) in [6, 6.07) is 2.06. The number of carbonyl (C=O) groups is 1. The van der Waals surface area contributed by atoms with Crippen molar-refractivity contribution < 1.29 is 4.79 Å². The van der Waals surface area contributed by atoms with E-state index in [1.807, 2.05) is 6.20 Å². The van der Waals surface area contributed by atoms with Gasteiger partial charge in [0.2, 0.25) is 5.91 Å². The highest BCUT2D eigenvalue weighted by molar-refractivity contribution is 5.82. The third kappa shape index (κ3) is 2.80. The molecule has 1 aromatic rings. The highest BCUT2D eigenvalue weighted by Gasteiger charge is 2.49. The first-order valence-electron chi connectivity index (χ1n) is 9.11. The summed E-state index contributed by atoms with van der Waals surface area (Å²) in [5.41, 5.74) is 1.19. The fraction of sp³-hybridized carbons (Fsp3) is 0.778. The third-order valence-corrected chi connectivity index (χ3v) is 6.11. The van der Waals surface area contributed by atoms with Crippen molar-refractivity contribution in [3.63, 3.8) is 0 Å². The molecule has 1 saturated heterocycles. The Bertz CT molecular complexity index is 506. The van der Waals surface area contributed by atoms with E-state index in [0.717, 1.165) is 31.8 Å². The number of hydrogen-bond donors (Lipinski definition) is 1. The van der Waals surface area contributed by atoms with E-state index >= 15 is 0 Å². The molecule has 4 rings (SSSR count). The zero-order chi connectivity index (χ0) is 14.9. The van der Waals surface area contributed by atoms with Crippen molar-refractivity contribution in [2.45, 2.75) is 57.3 Å². The predicted octanol–water partition coefficient (Wildman–Crippen LogP) is 3.33. The molecule has 3 fully saturated rings. The molecule has 2 heterocycles. The van der Waals surface area contributed by atoms with E-state index < -0.39 is 0 Å². The Morgan fingerprint density at radius 1 is 1.18 bits per heavy atom. The van der Waals surface area contributed by atoms with Gasteiger partial charge in [0.05, 0.1) is 0 Å². The van der Waals surface area contributed by atoms with Crippen LogP contribution in [0.25, 0.3) is 0 Å². The number of likely N-dealkylation sites (tertiary alicyclic amines) is 1. The minimum Gasteiger partial charge on any atom is -0.342 e. The van der Waals surface area contributed by atoms with Crippen LogP contribution in [0.5, 0.6) is 0 Å². The molecule has 22 heavy (non-hydrogen) atoms. The third-order valence-electron chi connectivity index (χ3n) is 6.11. The molecule has 1 N–H and O–H groups in total. The SMILES string of the molecule is O=C([C@@H]1C[C@@H]1C1CCCCC1)N1CCC[C@H](c2ccn[nH]2)C1. The number of H-pyrrole nitrogens is 1. The fourth-order valence-electron chi connectivity index (χ4n) is 4.74. The van der Waals surface area contributed by atoms with E-state index in [4.69, 9.17) is 0 Å². The molecule has 0 spiro atoms. The average molecular weight is 301 g/mol. The first-order valence-corrected chi connectivity index (χ1v) is 9.11. The summed E-state index contributed by atoms with van der Waals surface area (Å²) in [6.45, 7) is 1.84. The molecular formula is C18H27N3O. The Kier molecular flexibility index (Phi) is 3.93. The van der Waals surface area contributed by atoms with Crippen molar-refractivity contribution in [1.29, 1.82) is 0 Å². The van der Waals surface area contributed by atoms with Gasteiger partial charge in [-0.1, -0.05) is 32.1 Å². The first-order chi connectivity index (χ1) is 10.8. The number of nitrogens with one attached hydrogen (secondary N) is 1. The second kappa shape index (κ2) is 6.05. The molecule has 2 aliphatic carbocycles. The Morgan fingerprint density at radius 2 is 2.05 bits per heavy atom. The van der Waals surface area contributed by atoms with Crippen LogP contribution >= 0.6 is 0 Å². The van der Waals surface area contributed by atoms with Crippen LogP contribution in [0, 0.1) is 17.8 Å². The summed E-state index contributed by atoms with van der Waals surface area (Å²) >= 11 is 0. The standard InChI is InChI=1S/C18H27N3O/c22-18(16-11-15(16)13-5-2-1-3-6-13)21-10-4-7-14(12-21)17-8-9-19-20-17/h8-9,13-16H,1-7,10-12H2,(H,19,20)/t14-,15+,16+/m0/s1. The van der Waals surface area contributed by atoms with Gasteiger partial charge in [0.15, 0.2) is 0 Å². The highest BCUT2D eigenvalue weighted by atomic mass is 16.2. The number of aromatic nitrogens is 2. The minimum absolute atomic E-state index is 0.351. The lowest BCUT2D eigenvalue weighted by Gasteiger charge is -2.33. The molecule has 0 aromatic carbocycles. The molecule has 1 aromatic heterocycles. The van der Waals surface area contributed by atoms with Crippen LogP contribution in [-0.2, 0) is 4.79 Å². The summed E-state index contributed by atoms with van der Waals surface area (Å²) < 4.78 is 0. The van der Waals surface area contributed by atoms with E-state index in [1.165, 1.54) is 44.2 Å². The van der Waals surface area contributed by atoms with Gasteiger partial charge in [0.25, 0.3) is 0 Å². The van der Waals surface area contributed by atoms with Crippen LogP contribution in [-0.4, -0.2) is 34.1 Å². The predicted molar refractivity (Wildman–Crippen MR) is 85.3 cm³/mol. The van der Waals surface area contributed by atoms with Gasteiger partial charge >= 0.3 is 0 Å². The van der Waals surface area contributed by atoms with Gasteiger partial charge in [-0.15, -0.1) is 0 Å². The van der Waals surface area contributed by atoms with Crippen LogP contribution in [0.3, 0.4) is 0 Å². The lowest BCUT2D eigenvalue weighted by Crippen LogP contribution is -2.40. The Balaban J connectivity index is 1.35. The maximum Gasteiger partial charge on any atom is 0.226 e. The normalized spacial score (nSPS) is 32.9. The Hall–Kier alpha value is -1.32. The molecule has 1 amide bonds. The molecule has 3 atom stereocenters. The van der Waals surface area contributed by atoms with E-state index in [2.05, 4.69) is 21.2 Å². The van der Waals surface area contributed by atoms with Crippen molar-refractivity contribution >= 4 is 5.91 Å². The lowest BCUT2D eigenvalue weighted by atomic mass is 9.85. The molecule has 4 heteroatoms. The summed E-state index contributed by atoms with van der Waals surface area (Å²) in [6.07, 6.45) is 12.2. The highest BCUT2D eigenvalue weighted by Crippen LogP contribution is 2.50. The molecule has 1 aliphatic heterocycles. The van der Waals surface area contributed by atoms with Crippen molar-refractivity contribution in [2.24, 2.45) is 17.8 Å². The zero-order valence-electron chi connectivity index (χ0n) is 13.3. The first kappa shape index (κ1) is 14.3. The second-order valence-corrected chi connectivity index (χ2v) is 7.54. The second-order valence-electron chi connectivity index (χ2n) is 7.54. The largest absolute Gasteiger partial charge is 0.342 e. The van der Waals surface area contributed by atoms with Crippen molar-refractivity contribution in [3.8, 4) is 0 Å². The van der Waals surface area contributed by atoms with Crippen LogP contribution in [0.15, 0.2) is 12.3 Å². The molecule has 0 unspecified atom stereocenters. The lowest BCUT2D eigenvalue weighted by molar-refractivity contribution is -0.134. The number of hydrogen-bond acceptors (Lipinski definition) is 2. The molecule has 3 aliphatic rings. The van der Waals surface area contributed by atoms with Crippen molar-refractivity contribution in [3.05, 3.63) is 18.0 Å². The zero-order valence-corrected chi connectivity index (χ0v) is 13.3. The van der Waals surface area contributed by atoms with Gasteiger partial charge in [0.1, 0.15) is 0 Å². The van der Waals surface area contributed by atoms with Gasteiger partial charge in [-0.3, -0.25) is 9.89 Å². The molecule has 2 saturated carbocycles. The summed E-state index contributed by atoms with van der Waals surface area (Å²) in [5.74, 6) is 2.80. The van der Waals surface area contributed by atoms with Gasteiger partial charge in [0, 0.05) is 36.8 Å². The summed E-state index contributed by atoms with van der Waals surface area (Å²) in [5, 5.41) is 7.14. The van der Waals surface area contributed by atoms with E-state index in [1.54, 1.807) is 0 Å². The molecule has 4 nitrogen and oxygen atoms in total. The van der Waals surface area contributed by atoms with E-state index in [-0.39, 0.29) is 0 Å². The van der Waals surface area contributed by atoms with Gasteiger partial charge in [-0.2, -0.15) is 5.10 Å². The topological polar surface area (TPSA) is 49.0 Å². The average Bonchev–Trinajstić information content (AvgIpc) is 3.19. The van der Waals surface area contributed by atoms with Gasteiger partial charge < -0.3 is 4.90 Å². The Labute approximate surface area is 132 Å². The van der Waals surface area contributed by atoms with Gasteiger partial charge in [-0.25, -0.2) is 0 Å². The molecular weight excluding hydrogens is 274 g/mol. The summed E-state index contributed by atoms with van der Waals surface area (Å²) in [7, 11) is 0. The van der Waals surface area contributed by atoms with Gasteiger partial charge in [-0.05, 0) is 37.2 Å². The minimum atomic E-state index is 0.351. The summed E-state index contributed by atoms with van der Waals surface area (Å²) in [4.78, 5) is 15.0. The number of aromatic amines is 1. The maximum atomic E-state index is 12.8. The number of piperidine rings is 1. The number of carbonyl (C=O) groups excluding carboxylic acids is 1. The smallest absolute Gasteiger partial charge is 0.226 e. The van der Waals surface area contributed by atoms with Crippen LogP contribution in [0.2, 0.25) is 0 Å². The van der Waals surface area contributed by atoms with Crippen LogP contribution in [0.4, 0.5) is 0 Å². The maximum absolute atomic E-state index is 12.8. The Morgan fingerprint density at radius 3 is 2.82 bits per heavy atom. The number of amides is 1.